The third kappa shape index (κ3) is 4.91. The van der Waals surface area contributed by atoms with Crippen LogP contribution < -0.4 is 5.32 Å². The van der Waals surface area contributed by atoms with Crippen molar-refractivity contribution in [2.75, 3.05) is 31.5 Å². The lowest BCUT2D eigenvalue weighted by atomic mass is 10.0. The fourth-order valence-corrected chi connectivity index (χ4v) is 5.40. The molecule has 1 aliphatic heterocycles. The topological polar surface area (TPSA) is 69.7 Å². The van der Waals surface area contributed by atoms with Gasteiger partial charge >= 0.3 is 0 Å². The summed E-state index contributed by atoms with van der Waals surface area (Å²) in [5, 5.41) is 3.02. The maximum atomic E-state index is 13.3. The van der Waals surface area contributed by atoms with Crippen LogP contribution in [-0.4, -0.2) is 49.7 Å². The summed E-state index contributed by atoms with van der Waals surface area (Å²) in [5.41, 5.74) is 2.75. The molecule has 1 aliphatic rings. The van der Waals surface area contributed by atoms with Crippen molar-refractivity contribution < 1.29 is 13.2 Å². The number of nitrogens with one attached hydrogen (secondary N) is 1. The highest BCUT2D eigenvalue weighted by Crippen LogP contribution is 2.26. The van der Waals surface area contributed by atoms with Gasteiger partial charge in [0, 0.05) is 31.9 Å². The van der Waals surface area contributed by atoms with Gasteiger partial charge in [0.15, 0.2) is 0 Å². The smallest absolute Gasteiger partial charge is 0.246 e. The van der Waals surface area contributed by atoms with Gasteiger partial charge in [0.2, 0.25) is 15.9 Å². The molecule has 0 spiro atoms. The Balaban J connectivity index is 1.52. The van der Waals surface area contributed by atoms with E-state index in [-0.39, 0.29) is 5.91 Å². The summed E-state index contributed by atoms with van der Waals surface area (Å²) in [6.45, 7) is 3.60. The second-order valence-electron chi connectivity index (χ2n) is 7.92. The Morgan fingerprint density at radius 2 is 1.38 bits per heavy atom. The lowest BCUT2D eigenvalue weighted by Crippen LogP contribution is -2.51. The van der Waals surface area contributed by atoms with Crippen LogP contribution in [0.2, 0.25) is 0 Å². The van der Waals surface area contributed by atoms with Gasteiger partial charge < -0.3 is 5.32 Å². The monoisotopic (exact) mass is 449 g/mol. The first-order valence-corrected chi connectivity index (χ1v) is 12.1. The molecule has 32 heavy (non-hydrogen) atoms. The fraction of sp³-hybridized carbons (Fsp3) is 0.240. The molecule has 1 amide bonds. The Labute approximate surface area is 189 Å². The maximum absolute atomic E-state index is 13.3. The number of nitrogens with zero attached hydrogens (tertiary/aromatic N) is 2. The van der Waals surface area contributed by atoms with E-state index in [0.717, 1.165) is 16.8 Å². The summed E-state index contributed by atoms with van der Waals surface area (Å²) in [6, 6.07) is 25.3. The first-order chi connectivity index (χ1) is 15.4. The minimum atomic E-state index is -3.54. The van der Waals surface area contributed by atoms with E-state index in [1.54, 1.807) is 30.3 Å². The number of aryl methyl sites for hydroxylation is 1. The van der Waals surface area contributed by atoms with E-state index in [4.69, 9.17) is 0 Å². The molecule has 1 N–H and O–H groups in total. The fourth-order valence-electron chi connectivity index (χ4n) is 3.95. The van der Waals surface area contributed by atoms with Gasteiger partial charge in [-0.1, -0.05) is 66.2 Å². The molecule has 1 atom stereocenters. The summed E-state index contributed by atoms with van der Waals surface area (Å²) in [6.07, 6.45) is 0. The van der Waals surface area contributed by atoms with Crippen molar-refractivity contribution in [1.29, 1.82) is 0 Å². The molecule has 166 valence electrons. The minimum Gasteiger partial charge on any atom is -0.324 e. The molecule has 0 bridgehead atoms. The molecule has 6 nitrogen and oxygen atoms in total. The van der Waals surface area contributed by atoms with Crippen LogP contribution in [0.5, 0.6) is 0 Å². The Hall–Kier alpha value is -3.00. The van der Waals surface area contributed by atoms with Crippen molar-refractivity contribution in [1.82, 2.24) is 9.21 Å². The number of carbonyl (C=O) groups is 1. The standard InChI is InChI=1S/C25H27N3O3S/c1-20-12-14-22(15-13-20)26-25(29)24(21-8-4-2-5-9-21)27-16-18-28(19-17-27)32(30,31)23-10-6-3-7-11-23/h2-15,24H,16-19H2,1H3,(H,26,29). The number of sulfonamides is 1. The molecular formula is C25H27N3O3S. The first-order valence-electron chi connectivity index (χ1n) is 10.7. The molecule has 7 heteroatoms. The van der Waals surface area contributed by atoms with Gasteiger partial charge in [0.05, 0.1) is 4.90 Å². The number of rotatable bonds is 6. The van der Waals surface area contributed by atoms with E-state index in [0.29, 0.717) is 31.1 Å². The van der Waals surface area contributed by atoms with Crippen molar-refractivity contribution in [3.63, 3.8) is 0 Å². The van der Waals surface area contributed by atoms with Gasteiger partial charge in [-0.3, -0.25) is 9.69 Å². The first kappa shape index (κ1) is 22.2. The molecule has 0 aromatic heterocycles. The van der Waals surface area contributed by atoms with Gasteiger partial charge in [0.25, 0.3) is 0 Å². The highest BCUT2D eigenvalue weighted by atomic mass is 32.2. The minimum absolute atomic E-state index is 0.126. The third-order valence-electron chi connectivity index (χ3n) is 5.70. The predicted molar refractivity (Wildman–Crippen MR) is 126 cm³/mol. The molecule has 3 aromatic carbocycles. The van der Waals surface area contributed by atoms with E-state index < -0.39 is 16.1 Å². The summed E-state index contributed by atoms with van der Waals surface area (Å²) >= 11 is 0. The van der Waals surface area contributed by atoms with E-state index >= 15 is 0 Å². The Bertz CT molecular complexity index is 1140. The number of anilines is 1. The average molecular weight is 450 g/mol. The zero-order valence-electron chi connectivity index (χ0n) is 18.0. The van der Waals surface area contributed by atoms with Crippen molar-refractivity contribution in [2.45, 2.75) is 17.9 Å². The van der Waals surface area contributed by atoms with Gasteiger partial charge in [0.1, 0.15) is 6.04 Å². The molecule has 1 heterocycles. The van der Waals surface area contributed by atoms with Crippen LogP contribution in [-0.2, 0) is 14.8 Å². The molecule has 1 fully saturated rings. The second kappa shape index (κ2) is 9.65. The van der Waals surface area contributed by atoms with Crippen LogP contribution in [0.3, 0.4) is 0 Å². The average Bonchev–Trinajstić information content (AvgIpc) is 2.82. The second-order valence-corrected chi connectivity index (χ2v) is 9.86. The number of hydrogen-bond donors (Lipinski definition) is 1. The summed E-state index contributed by atoms with van der Waals surface area (Å²) in [5.74, 6) is -0.126. The normalized spacial score (nSPS) is 16.4. The molecule has 1 unspecified atom stereocenters. The SMILES string of the molecule is Cc1ccc(NC(=O)C(c2ccccc2)N2CCN(S(=O)(=O)c3ccccc3)CC2)cc1. The third-order valence-corrected chi connectivity index (χ3v) is 7.61. The maximum Gasteiger partial charge on any atom is 0.246 e. The van der Waals surface area contributed by atoms with E-state index in [1.807, 2.05) is 61.5 Å². The van der Waals surface area contributed by atoms with Crippen molar-refractivity contribution in [3.8, 4) is 0 Å². The molecule has 0 aliphatic carbocycles. The van der Waals surface area contributed by atoms with Crippen molar-refractivity contribution in [3.05, 3.63) is 96.1 Å². The quantitative estimate of drug-likeness (QED) is 0.623. The van der Waals surface area contributed by atoms with E-state index in [9.17, 15) is 13.2 Å². The predicted octanol–water partition coefficient (Wildman–Crippen LogP) is 3.68. The zero-order chi connectivity index (χ0) is 22.6. The molecule has 1 saturated heterocycles. The van der Waals surface area contributed by atoms with Gasteiger partial charge in [-0.25, -0.2) is 8.42 Å². The Morgan fingerprint density at radius 3 is 1.97 bits per heavy atom. The lowest BCUT2D eigenvalue weighted by Gasteiger charge is -2.38. The number of piperazine rings is 1. The Kier molecular flexibility index (Phi) is 6.69. The van der Waals surface area contributed by atoms with Crippen LogP contribution >= 0.6 is 0 Å². The highest BCUT2D eigenvalue weighted by Gasteiger charge is 2.34. The van der Waals surface area contributed by atoms with E-state index in [1.165, 1.54) is 4.31 Å². The molecule has 0 saturated carbocycles. The van der Waals surface area contributed by atoms with E-state index in [2.05, 4.69) is 10.2 Å². The number of benzene rings is 3. The molecular weight excluding hydrogens is 422 g/mol. The molecule has 4 rings (SSSR count). The van der Waals surface area contributed by atoms with Gasteiger partial charge in [-0.05, 0) is 36.8 Å². The lowest BCUT2D eigenvalue weighted by molar-refractivity contribution is -0.122. The molecule has 0 radical (unpaired) electrons. The number of amides is 1. The molecule has 3 aromatic rings. The van der Waals surface area contributed by atoms with Crippen LogP contribution in [0.4, 0.5) is 5.69 Å². The highest BCUT2D eigenvalue weighted by molar-refractivity contribution is 7.89. The Morgan fingerprint density at radius 1 is 0.812 bits per heavy atom. The van der Waals surface area contributed by atoms with Crippen molar-refractivity contribution >= 4 is 21.6 Å². The number of hydrogen-bond acceptors (Lipinski definition) is 4. The van der Waals surface area contributed by atoms with Gasteiger partial charge in [-0.15, -0.1) is 0 Å². The van der Waals surface area contributed by atoms with Crippen LogP contribution in [0.1, 0.15) is 17.2 Å². The van der Waals surface area contributed by atoms with Crippen LogP contribution in [0.25, 0.3) is 0 Å². The summed E-state index contributed by atoms with van der Waals surface area (Å²) in [4.78, 5) is 15.7. The number of carbonyl (C=O) groups excluding carboxylic acids is 1. The largest absolute Gasteiger partial charge is 0.324 e. The summed E-state index contributed by atoms with van der Waals surface area (Å²) < 4.78 is 27.4. The van der Waals surface area contributed by atoms with Gasteiger partial charge in [-0.2, -0.15) is 4.31 Å². The zero-order valence-corrected chi connectivity index (χ0v) is 18.8. The van der Waals surface area contributed by atoms with Crippen LogP contribution in [0, 0.1) is 6.92 Å². The van der Waals surface area contributed by atoms with Crippen LogP contribution in [0.15, 0.2) is 89.8 Å². The van der Waals surface area contributed by atoms with Crippen molar-refractivity contribution in [2.24, 2.45) is 0 Å². The summed E-state index contributed by atoms with van der Waals surface area (Å²) in [7, 11) is -3.54.